The van der Waals surface area contributed by atoms with Crippen LogP contribution in [0.5, 0.6) is 0 Å². The second-order valence-electron chi connectivity index (χ2n) is 13.2. The van der Waals surface area contributed by atoms with Crippen molar-refractivity contribution in [3.05, 3.63) is 0 Å². The van der Waals surface area contributed by atoms with E-state index in [0.29, 0.717) is 12.3 Å². The van der Waals surface area contributed by atoms with Gasteiger partial charge in [-0.1, -0.05) is 53.9 Å². The molecule has 1 aliphatic heterocycles. The molecule has 2 saturated carbocycles. The fourth-order valence-corrected chi connectivity index (χ4v) is 7.49. The molecule has 3 aliphatic rings. The highest BCUT2D eigenvalue weighted by atomic mass is 16.3. The normalized spacial score (nSPS) is 36.0. The van der Waals surface area contributed by atoms with Crippen LogP contribution in [-0.2, 0) is 0 Å². The minimum atomic E-state index is -0.752. The number of piperidine rings is 1. The molecule has 0 aromatic carbocycles. The van der Waals surface area contributed by atoms with Gasteiger partial charge in [-0.05, 0) is 79.4 Å². The van der Waals surface area contributed by atoms with Crippen molar-refractivity contribution in [3.8, 4) is 0 Å². The number of likely N-dealkylation sites (tertiary alicyclic amines) is 1. The lowest BCUT2D eigenvalue weighted by molar-refractivity contribution is -0.107. The van der Waals surface area contributed by atoms with Crippen molar-refractivity contribution in [1.29, 1.82) is 0 Å². The van der Waals surface area contributed by atoms with Crippen molar-refractivity contribution < 1.29 is 20.4 Å². The molecule has 0 amide bonds. The van der Waals surface area contributed by atoms with Crippen LogP contribution >= 0.6 is 0 Å². The van der Waals surface area contributed by atoms with Crippen LogP contribution in [0.2, 0.25) is 0 Å². The Hall–Kier alpha value is -0.280. The van der Waals surface area contributed by atoms with Gasteiger partial charge in [-0.15, -0.1) is 0 Å². The Labute approximate surface area is 214 Å². The first kappa shape index (κ1) is 29.3. The van der Waals surface area contributed by atoms with Crippen molar-refractivity contribution in [2.24, 2.45) is 40.9 Å². The summed E-state index contributed by atoms with van der Waals surface area (Å²) in [6.07, 6.45) is 7.85. The predicted molar refractivity (Wildman–Crippen MR) is 140 cm³/mol. The van der Waals surface area contributed by atoms with E-state index in [1.165, 1.54) is 25.7 Å². The highest BCUT2D eigenvalue weighted by molar-refractivity contribution is 4.95. The number of aliphatic hydroxyl groups excluding tert-OH is 4. The zero-order valence-corrected chi connectivity index (χ0v) is 23.0. The summed E-state index contributed by atoms with van der Waals surface area (Å²) in [6.45, 7) is 12.9. The van der Waals surface area contributed by atoms with Crippen LogP contribution in [0.3, 0.4) is 0 Å². The SMILES string of the molecule is CC1CCC([C@H]2CCN(C(O)[C@H](NC(O)C3CCCC(C(O)NCO)C3)C(C)C)CC2(C)C)CC1. The van der Waals surface area contributed by atoms with E-state index in [0.717, 1.165) is 50.6 Å². The van der Waals surface area contributed by atoms with E-state index in [-0.39, 0.29) is 35.9 Å². The average Bonchev–Trinajstić information content (AvgIpc) is 2.82. The average molecular weight is 498 g/mol. The van der Waals surface area contributed by atoms with E-state index >= 15 is 0 Å². The quantitative estimate of drug-likeness (QED) is 0.258. The number of nitrogens with zero attached hydrogens (tertiary/aromatic N) is 1. The van der Waals surface area contributed by atoms with Crippen molar-refractivity contribution in [3.63, 3.8) is 0 Å². The molecule has 206 valence electrons. The lowest BCUT2D eigenvalue weighted by Crippen LogP contribution is -2.60. The second-order valence-corrected chi connectivity index (χ2v) is 13.2. The molecule has 0 radical (unpaired) electrons. The predicted octanol–water partition coefficient (Wildman–Crippen LogP) is 3.08. The van der Waals surface area contributed by atoms with Crippen molar-refractivity contribution in [2.45, 2.75) is 117 Å². The zero-order valence-electron chi connectivity index (χ0n) is 23.0. The van der Waals surface area contributed by atoms with Gasteiger partial charge in [-0.3, -0.25) is 15.5 Å². The maximum atomic E-state index is 11.5. The van der Waals surface area contributed by atoms with Gasteiger partial charge in [0.1, 0.15) is 18.7 Å². The summed E-state index contributed by atoms with van der Waals surface area (Å²) in [7, 11) is 0. The molecule has 3 rings (SSSR count). The topological polar surface area (TPSA) is 108 Å². The molecule has 0 aromatic heterocycles. The van der Waals surface area contributed by atoms with Gasteiger partial charge in [0.25, 0.3) is 0 Å². The summed E-state index contributed by atoms with van der Waals surface area (Å²) in [4.78, 5) is 2.24. The zero-order chi connectivity index (χ0) is 25.8. The maximum Gasteiger partial charge on any atom is 0.123 e. The van der Waals surface area contributed by atoms with E-state index in [1.807, 2.05) is 0 Å². The van der Waals surface area contributed by atoms with Crippen LogP contribution in [0.25, 0.3) is 0 Å². The molecule has 6 N–H and O–H groups in total. The Balaban J connectivity index is 1.58. The second kappa shape index (κ2) is 13.0. The van der Waals surface area contributed by atoms with Gasteiger partial charge < -0.3 is 20.4 Å². The number of hydrogen-bond donors (Lipinski definition) is 6. The van der Waals surface area contributed by atoms with Gasteiger partial charge in [-0.2, -0.15) is 0 Å². The first-order valence-electron chi connectivity index (χ1n) is 14.4. The molecule has 7 heteroatoms. The van der Waals surface area contributed by atoms with Gasteiger partial charge >= 0.3 is 0 Å². The number of hydrogen-bond acceptors (Lipinski definition) is 7. The summed E-state index contributed by atoms with van der Waals surface area (Å²) < 4.78 is 0. The highest BCUT2D eigenvalue weighted by Gasteiger charge is 2.44. The van der Waals surface area contributed by atoms with Crippen molar-refractivity contribution in [2.75, 3.05) is 19.8 Å². The van der Waals surface area contributed by atoms with Gasteiger partial charge in [-0.25, -0.2) is 0 Å². The molecule has 0 spiro atoms. The standard InChI is InChI=1S/C28H55N3O4/c1-18(2)24(30-26(34)22-8-6-7-21(15-22)25(33)29-17-32)27(35)31-14-13-23(28(4,5)16-31)20-11-9-19(3)10-12-20/h18-27,29-30,32-35H,6-17H2,1-5H3/t19?,20?,21?,22?,23-,24-,25?,26?,27?/m1/s1. The fraction of sp³-hybridized carbons (Fsp3) is 1.00. The first-order valence-corrected chi connectivity index (χ1v) is 14.4. The highest BCUT2D eigenvalue weighted by Crippen LogP contribution is 2.46. The Morgan fingerprint density at radius 2 is 1.54 bits per heavy atom. The third-order valence-electron chi connectivity index (χ3n) is 9.70. The lowest BCUT2D eigenvalue weighted by Gasteiger charge is -2.51. The van der Waals surface area contributed by atoms with Gasteiger partial charge in [0.15, 0.2) is 0 Å². The molecule has 7 nitrogen and oxygen atoms in total. The summed E-state index contributed by atoms with van der Waals surface area (Å²) in [5, 5.41) is 48.0. The number of aliphatic hydroxyl groups is 4. The van der Waals surface area contributed by atoms with Crippen LogP contribution in [0.1, 0.15) is 92.4 Å². The first-order chi connectivity index (χ1) is 16.5. The number of nitrogens with one attached hydrogen (secondary N) is 2. The van der Waals surface area contributed by atoms with Crippen molar-refractivity contribution in [1.82, 2.24) is 15.5 Å². The largest absolute Gasteiger partial charge is 0.381 e. The molecule has 7 atom stereocenters. The van der Waals surface area contributed by atoms with Gasteiger partial charge in [0.2, 0.25) is 0 Å². The summed E-state index contributed by atoms with van der Waals surface area (Å²) in [6, 6.07) is -0.228. The molecule has 2 aliphatic carbocycles. The molecule has 5 unspecified atom stereocenters. The molecule has 3 fully saturated rings. The minimum absolute atomic E-state index is 0.0161. The molecule has 0 bridgehead atoms. The van der Waals surface area contributed by atoms with Crippen LogP contribution in [0.4, 0.5) is 0 Å². The fourth-order valence-electron chi connectivity index (χ4n) is 7.49. The van der Waals surface area contributed by atoms with Crippen LogP contribution in [0.15, 0.2) is 0 Å². The summed E-state index contributed by atoms with van der Waals surface area (Å²) in [5.41, 5.74) is 0.164. The smallest absolute Gasteiger partial charge is 0.123 e. The molecule has 1 heterocycles. The lowest BCUT2D eigenvalue weighted by atomic mass is 9.63. The summed E-state index contributed by atoms with van der Waals surface area (Å²) in [5.74, 6) is 2.61. The minimum Gasteiger partial charge on any atom is -0.381 e. The third-order valence-corrected chi connectivity index (χ3v) is 9.70. The van der Waals surface area contributed by atoms with Gasteiger partial charge in [0, 0.05) is 13.1 Å². The summed E-state index contributed by atoms with van der Waals surface area (Å²) >= 11 is 0. The number of rotatable bonds is 10. The molecular weight excluding hydrogens is 442 g/mol. The van der Waals surface area contributed by atoms with E-state index in [4.69, 9.17) is 5.11 Å². The van der Waals surface area contributed by atoms with E-state index in [9.17, 15) is 15.3 Å². The third kappa shape index (κ3) is 7.62. The van der Waals surface area contributed by atoms with Crippen LogP contribution in [-0.4, -0.2) is 69.9 Å². The molecular formula is C28H55N3O4. The molecule has 0 aromatic rings. The van der Waals surface area contributed by atoms with Crippen LogP contribution < -0.4 is 10.6 Å². The molecule has 1 saturated heterocycles. The maximum absolute atomic E-state index is 11.5. The Bertz CT molecular complexity index is 625. The van der Waals surface area contributed by atoms with E-state index < -0.39 is 18.7 Å². The molecule has 35 heavy (non-hydrogen) atoms. The Morgan fingerprint density at radius 3 is 2.11 bits per heavy atom. The Morgan fingerprint density at radius 1 is 0.914 bits per heavy atom. The van der Waals surface area contributed by atoms with Crippen molar-refractivity contribution >= 4 is 0 Å². The van der Waals surface area contributed by atoms with Gasteiger partial charge in [0.05, 0.1) is 12.8 Å². The van der Waals surface area contributed by atoms with E-state index in [2.05, 4.69) is 50.2 Å². The Kier molecular flexibility index (Phi) is 10.9. The van der Waals surface area contributed by atoms with E-state index in [1.54, 1.807) is 0 Å². The van der Waals surface area contributed by atoms with Crippen LogP contribution in [0, 0.1) is 40.9 Å². The monoisotopic (exact) mass is 497 g/mol.